The number of rotatable bonds is 12. The number of hydrogen-bond acceptors (Lipinski definition) is 6. The molecule has 1 atom stereocenters. The Hall–Kier alpha value is -3.57. The molecule has 0 saturated heterocycles. The molecule has 0 saturated carbocycles. The molecule has 3 aromatic carbocycles. The van der Waals surface area contributed by atoms with E-state index in [9.17, 15) is 18.0 Å². The van der Waals surface area contributed by atoms with E-state index in [4.69, 9.17) is 9.47 Å². The molecule has 9 nitrogen and oxygen atoms in total. The average molecular weight is 647 g/mol. The standard InChI is InChI=1S/C30H36BrN3O6S/c1-20(2)32-30(36)22(4)33(18-23-9-13-25(39-5)14-10-23)29(35)19-34(24-11-7-21(3)8-12-24)41(37,38)26-15-16-28(40-6)27(31)17-26/h7-17,20,22H,18-19H2,1-6H3,(H,32,36). The van der Waals surface area contributed by atoms with Gasteiger partial charge in [-0.15, -0.1) is 0 Å². The molecule has 0 fully saturated rings. The second-order valence-electron chi connectivity index (χ2n) is 9.85. The molecule has 3 aromatic rings. The fraction of sp³-hybridized carbons (Fsp3) is 0.333. The average Bonchev–Trinajstić information content (AvgIpc) is 2.94. The summed E-state index contributed by atoms with van der Waals surface area (Å²) in [5.41, 5.74) is 2.01. The summed E-state index contributed by atoms with van der Waals surface area (Å²) in [7, 11) is -1.16. The van der Waals surface area contributed by atoms with Gasteiger partial charge < -0.3 is 19.7 Å². The van der Waals surface area contributed by atoms with E-state index in [2.05, 4.69) is 21.2 Å². The summed E-state index contributed by atoms with van der Waals surface area (Å²) in [6.07, 6.45) is 0. The molecule has 0 aliphatic carbocycles. The Bertz CT molecular complexity index is 1460. The lowest BCUT2D eigenvalue weighted by atomic mass is 10.1. The van der Waals surface area contributed by atoms with Crippen LogP contribution in [0.2, 0.25) is 0 Å². The zero-order valence-electron chi connectivity index (χ0n) is 24.0. The van der Waals surface area contributed by atoms with Crippen LogP contribution in [0.3, 0.4) is 0 Å². The Morgan fingerprint density at radius 3 is 2.10 bits per heavy atom. The molecular weight excluding hydrogens is 610 g/mol. The van der Waals surface area contributed by atoms with Crippen LogP contribution in [0.25, 0.3) is 0 Å². The molecule has 0 bridgehead atoms. The van der Waals surface area contributed by atoms with E-state index in [1.807, 2.05) is 20.8 Å². The van der Waals surface area contributed by atoms with Gasteiger partial charge in [0.25, 0.3) is 10.0 Å². The number of ether oxygens (including phenoxy) is 2. The minimum Gasteiger partial charge on any atom is -0.497 e. The minimum absolute atomic E-state index is 0.0224. The number of benzene rings is 3. The summed E-state index contributed by atoms with van der Waals surface area (Å²) in [6, 6.07) is 17.4. The van der Waals surface area contributed by atoms with Crippen molar-refractivity contribution in [2.45, 2.75) is 51.2 Å². The molecule has 3 rings (SSSR count). The van der Waals surface area contributed by atoms with Crippen LogP contribution in [0, 0.1) is 6.92 Å². The lowest BCUT2D eigenvalue weighted by molar-refractivity contribution is -0.139. The number of hydrogen-bond donors (Lipinski definition) is 1. The van der Waals surface area contributed by atoms with E-state index in [-0.39, 0.29) is 23.4 Å². The van der Waals surface area contributed by atoms with Gasteiger partial charge in [-0.2, -0.15) is 0 Å². The predicted octanol–water partition coefficient (Wildman–Crippen LogP) is 4.91. The molecule has 2 amide bonds. The summed E-state index contributed by atoms with van der Waals surface area (Å²) < 4.78 is 40.0. The van der Waals surface area contributed by atoms with Crippen molar-refractivity contribution >= 4 is 43.5 Å². The summed E-state index contributed by atoms with van der Waals surface area (Å²) >= 11 is 3.35. The molecule has 220 valence electrons. The number of sulfonamides is 1. The molecule has 0 radical (unpaired) electrons. The van der Waals surface area contributed by atoms with E-state index in [0.717, 1.165) is 15.4 Å². The Balaban J connectivity index is 2.04. The maximum absolute atomic E-state index is 14.0. The second-order valence-corrected chi connectivity index (χ2v) is 12.6. The van der Waals surface area contributed by atoms with Crippen molar-refractivity contribution < 1.29 is 27.5 Å². The number of carbonyl (C=O) groups excluding carboxylic acids is 2. The van der Waals surface area contributed by atoms with Crippen molar-refractivity contribution in [3.8, 4) is 11.5 Å². The van der Waals surface area contributed by atoms with Gasteiger partial charge in [0.2, 0.25) is 11.8 Å². The number of aryl methyl sites for hydroxylation is 1. The summed E-state index contributed by atoms with van der Waals surface area (Å²) in [5, 5.41) is 2.84. The topological polar surface area (TPSA) is 105 Å². The fourth-order valence-electron chi connectivity index (χ4n) is 4.09. The molecule has 0 spiro atoms. The van der Waals surface area contributed by atoms with Gasteiger partial charge in [0, 0.05) is 12.6 Å². The first-order valence-corrected chi connectivity index (χ1v) is 15.3. The second kappa shape index (κ2) is 13.9. The van der Waals surface area contributed by atoms with Crippen LogP contribution >= 0.6 is 15.9 Å². The third kappa shape index (κ3) is 8.01. The maximum Gasteiger partial charge on any atom is 0.264 e. The van der Waals surface area contributed by atoms with Crippen LogP contribution < -0.4 is 19.1 Å². The molecule has 0 aliphatic heterocycles. The van der Waals surface area contributed by atoms with Gasteiger partial charge in [-0.05, 0) is 91.7 Å². The highest BCUT2D eigenvalue weighted by Gasteiger charge is 2.33. The molecule has 11 heteroatoms. The van der Waals surface area contributed by atoms with E-state index in [1.165, 1.54) is 24.1 Å². The Kier molecular flexibility index (Phi) is 10.8. The first kappa shape index (κ1) is 32.0. The molecule has 0 aliphatic rings. The molecule has 1 N–H and O–H groups in total. The number of methoxy groups -OCH3 is 2. The first-order chi connectivity index (χ1) is 19.4. The van der Waals surface area contributed by atoms with Gasteiger partial charge in [-0.3, -0.25) is 13.9 Å². The van der Waals surface area contributed by atoms with Crippen LogP contribution in [0.4, 0.5) is 5.69 Å². The van der Waals surface area contributed by atoms with E-state index in [0.29, 0.717) is 21.7 Å². The van der Waals surface area contributed by atoms with E-state index < -0.39 is 28.5 Å². The number of halogens is 1. The van der Waals surface area contributed by atoms with Gasteiger partial charge in [0.05, 0.1) is 29.3 Å². The zero-order valence-corrected chi connectivity index (χ0v) is 26.5. The summed E-state index contributed by atoms with van der Waals surface area (Å²) in [5.74, 6) is 0.242. The SMILES string of the molecule is COc1ccc(CN(C(=O)CN(c2ccc(C)cc2)S(=O)(=O)c2ccc(OC)c(Br)c2)C(C)C(=O)NC(C)C)cc1. The molecule has 1 unspecified atom stereocenters. The number of anilines is 1. The van der Waals surface area contributed by atoms with Crippen molar-refractivity contribution in [3.63, 3.8) is 0 Å². The Morgan fingerprint density at radius 1 is 0.927 bits per heavy atom. The number of nitrogens with zero attached hydrogens (tertiary/aromatic N) is 2. The monoisotopic (exact) mass is 645 g/mol. The molecule has 0 heterocycles. The highest BCUT2D eigenvalue weighted by atomic mass is 79.9. The van der Waals surface area contributed by atoms with Crippen LogP contribution in [0.1, 0.15) is 31.9 Å². The lowest BCUT2D eigenvalue weighted by Gasteiger charge is -2.32. The third-order valence-electron chi connectivity index (χ3n) is 6.42. The molecular formula is C30H36BrN3O6S. The maximum atomic E-state index is 14.0. The smallest absolute Gasteiger partial charge is 0.264 e. The molecule has 0 aromatic heterocycles. The van der Waals surface area contributed by atoms with Crippen LogP contribution in [0.15, 0.2) is 76.1 Å². The normalized spacial score (nSPS) is 12.0. The highest BCUT2D eigenvalue weighted by Crippen LogP contribution is 2.31. The van der Waals surface area contributed by atoms with Gasteiger partial charge >= 0.3 is 0 Å². The van der Waals surface area contributed by atoms with Gasteiger partial charge in [0.1, 0.15) is 24.1 Å². The van der Waals surface area contributed by atoms with Gasteiger partial charge in [-0.25, -0.2) is 8.42 Å². The zero-order chi connectivity index (χ0) is 30.3. The number of nitrogens with one attached hydrogen (secondary N) is 1. The van der Waals surface area contributed by atoms with Gasteiger partial charge in [0.15, 0.2) is 0 Å². The van der Waals surface area contributed by atoms with Crippen LogP contribution in [0.5, 0.6) is 11.5 Å². The summed E-state index contributed by atoms with van der Waals surface area (Å²) in [6.45, 7) is 6.75. The Morgan fingerprint density at radius 2 is 1.56 bits per heavy atom. The predicted molar refractivity (Wildman–Crippen MR) is 163 cm³/mol. The van der Waals surface area contributed by atoms with Crippen LogP contribution in [-0.2, 0) is 26.2 Å². The van der Waals surface area contributed by atoms with Crippen LogP contribution in [-0.4, -0.2) is 58.0 Å². The lowest BCUT2D eigenvalue weighted by Crippen LogP contribution is -2.52. The van der Waals surface area contributed by atoms with E-state index >= 15 is 0 Å². The fourth-order valence-corrected chi connectivity index (χ4v) is 6.22. The Labute approximate surface area is 250 Å². The largest absolute Gasteiger partial charge is 0.497 e. The van der Waals surface area contributed by atoms with Crippen molar-refractivity contribution in [2.24, 2.45) is 0 Å². The van der Waals surface area contributed by atoms with Gasteiger partial charge in [-0.1, -0.05) is 29.8 Å². The van der Waals surface area contributed by atoms with Crippen molar-refractivity contribution in [2.75, 3.05) is 25.1 Å². The first-order valence-electron chi connectivity index (χ1n) is 13.0. The van der Waals surface area contributed by atoms with Crippen molar-refractivity contribution in [1.82, 2.24) is 10.2 Å². The van der Waals surface area contributed by atoms with Crippen molar-refractivity contribution in [3.05, 3.63) is 82.3 Å². The summed E-state index contributed by atoms with van der Waals surface area (Å²) in [4.78, 5) is 28.4. The number of amides is 2. The third-order valence-corrected chi connectivity index (χ3v) is 8.81. The molecule has 41 heavy (non-hydrogen) atoms. The van der Waals surface area contributed by atoms with E-state index in [1.54, 1.807) is 68.6 Å². The number of carbonyl (C=O) groups is 2. The quantitative estimate of drug-likeness (QED) is 0.300. The minimum atomic E-state index is -4.21. The highest BCUT2D eigenvalue weighted by molar-refractivity contribution is 9.10. The van der Waals surface area contributed by atoms with Crippen molar-refractivity contribution in [1.29, 1.82) is 0 Å².